The van der Waals surface area contributed by atoms with Gasteiger partial charge in [0.15, 0.2) is 5.13 Å². The van der Waals surface area contributed by atoms with E-state index in [0.29, 0.717) is 11.7 Å². The van der Waals surface area contributed by atoms with Crippen molar-refractivity contribution >= 4 is 44.2 Å². The Morgan fingerprint density at radius 1 is 0.964 bits per heavy atom. The summed E-state index contributed by atoms with van der Waals surface area (Å²) in [4.78, 5) is 23.7. The number of carbonyl (C=O) groups excluding carboxylic acids is 1. The van der Waals surface area contributed by atoms with Gasteiger partial charge < -0.3 is 0 Å². The Hall–Kier alpha value is -2.76. The van der Waals surface area contributed by atoms with E-state index in [0.717, 1.165) is 27.3 Å². The van der Waals surface area contributed by atoms with Crippen molar-refractivity contribution in [2.45, 2.75) is 12.8 Å². The van der Waals surface area contributed by atoms with Crippen LogP contribution in [0.5, 0.6) is 0 Å². The van der Waals surface area contributed by atoms with Gasteiger partial charge in [-0.3, -0.25) is 9.69 Å². The topological polar surface area (TPSA) is 46.1 Å². The smallest absolute Gasteiger partial charge is 0.233 e. The van der Waals surface area contributed by atoms with Crippen LogP contribution in [0.2, 0.25) is 5.15 Å². The lowest BCUT2D eigenvalue weighted by atomic mass is 10.1. The highest BCUT2D eigenvalue weighted by molar-refractivity contribution is 7.22. The average molecular weight is 408 g/mol. The van der Waals surface area contributed by atoms with Crippen molar-refractivity contribution < 1.29 is 4.79 Å². The van der Waals surface area contributed by atoms with Crippen molar-refractivity contribution in [2.24, 2.45) is 0 Å². The van der Waals surface area contributed by atoms with E-state index in [9.17, 15) is 4.79 Å². The molecule has 28 heavy (non-hydrogen) atoms. The Balaban J connectivity index is 1.59. The van der Waals surface area contributed by atoms with E-state index < -0.39 is 0 Å². The lowest BCUT2D eigenvalue weighted by molar-refractivity contribution is -0.118. The number of halogens is 1. The number of benzene rings is 2. The molecule has 2 aromatic carbocycles. The minimum Gasteiger partial charge on any atom is -0.287 e. The number of para-hydroxylation sites is 1. The predicted molar refractivity (Wildman–Crippen MR) is 115 cm³/mol. The molecule has 0 saturated carbocycles. The van der Waals surface area contributed by atoms with Crippen molar-refractivity contribution in [3.8, 4) is 0 Å². The highest BCUT2D eigenvalue weighted by Gasteiger charge is 2.20. The number of rotatable bonds is 6. The zero-order chi connectivity index (χ0) is 19.3. The molecule has 0 saturated heterocycles. The quantitative estimate of drug-likeness (QED) is 0.414. The van der Waals surface area contributed by atoms with E-state index in [4.69, 9.17) is 11.6 Å². The van der Waals surface area contributed by atoms with Gasteiger partial charge in [0, 0.05) is 12.7 Å². The normalized spacial score (nSPS) is 10.9. The minimum absolute atomic E-state index is 0.000824. The molecule has 0 aliphatic heterocycles. The van der Waals surface area contributed by atoms with Gasteiger partial charge >= 0.3 is 0 Å². The molecule has 0 bridgehead atoms. The molecule has 2 heterocycles. The molecule has 4 aromatic rings. The van der Waals surface area contributed by atoms with Crippen molar-refractivity contribution in [3.63, 3.8) is 0 Å². The third-order valence-corrected chi connectivity index (χ3v) is 5.71. The van der Waals surface area contributed by atoms with Gasteiger partial charge in [-0.2, -0.15) is 0 Å². The highest BCUT2D eigenvalue weighted by atomic mass is 35.5. The molecule has 1 amide bonds. The van der Waals surface area contributed by atoms with Gasteiger partial charge in [-0.25, -0.2) is 9.97 Å². The Bertz CT molecular complexity index is 1050. The van der Waals surface area contributed by atoms with E-state index in [1.165, 1.54) is 16.9 Å². The fraction of sp³-hybridized carbons (Fsp3) is 0.136. The van der Waals surface area contributed by atoms with Crippen LogP contribution in [0.4, 0.5) is 5.13 Å². The number of fused-ring (bicyclic) bond motifs is 1. The largest absolute Gasteiger partial charge is 0.287 e. The number of pyridine rings is 1. The van der Waals surface area contributed by atoms with Gasteiger partial charge in [0.2, 0.25) is 5.91 Å². The maximum Gasteiger partial charge on any atom is 0.233 e. The van der Waals surface area contributed by atoms with Crippen molar-refractivity contribution in [1.29, 1.82) is 0 Å². The fourth-order valence-electron chi connectivity index (χ4n) is 2.97. The lowest BCUT2D eigenvalue weighted by Gasteiger charge is -2.20. The predicted octanol–water partition coefficient (Wildman–Crippen LogP) is 5.16. The number of aromatic nitrogens is 2. The first-order valence-corrected chi connectivity index (χ1v) is 10.2. The third kappa shape index (κ3) is 4.38. The maximum atomic E-state index is 13.1. The van der Waals surface area contributed by atoms with Gasteiger partial charge in [0.05, 0.1) is 16.6 Å². The van der Waals surface area contributed by atoms with Crippen LogP contribution in [-0.2, 0) is 17.6 Å². The summed E-state index contributed by atoms with van der Waals surface area (Å²) in [5.74, 6) is -0.000824. The summed E-state index contributed by atoms with van der Waals surface area (Å²) in [6, 6.07) is 21.6. The number of nitrogens with zero attached hydrogens (tertiary/aromatic N) is 3. The van der Waals surface area contributed by atoms with Gasteiger partial charge in [-0.05, 0) is 35.7 Å². The van der Waals surface area contributed by atoms with Crippen molar-refractivity contribution in [2.75, 3.05) is 11.4 Å². The summed E-state index contributed by atoms with van der Waals surface area (Å²) in [5.41, 5.74) is 2.93. The molecule has 0 fully saturated rings. The van der Waals surface area contributed by atoms with Crippen LogP contribution in [-0.4, -0.2) is 22.4 Å². The second-order valence-electron chi connectivity index (χ2n) is 6.41. The summed E-state index contributed by atoms with van der Waals surface area (Å²) < 4.78 is 1.07. The second kappa shape index (κ2) is 8.50. The monoisotopic (exact) mass is 407 g/mol. The Morgan fingerprint density at radius 2 is 1.75 bits per heavy atom. The molecule has 4 nitrogen and oxygen atoms in total. The first-order valence-electron chi connectivity index (χ1n) is 8.99. The van der Waals surface area contributed by atoms with E-state index in [2.05, 4.69) is 22.1 Å². The van der Waals surface area contributed by atoms with E-state index >= 15 is 0 Å². The van der Waals surface area contributed by atoms with Gasteiger partial charge in [-0.1, -0.05) is 71.5 Å². The molecule has 0 spiro atoms. The molecule has 0 unspecified atom stereocenters. The van der Waals surface area contributed by atoms with E-state index in [1.54, 1.807) is 17.2 Å². The Labute approximate surface area is 172 Å². The molecule has 4 rings (SSSR count). The van der Waals surface area contributed by atoms with Crippen LogP contribution in [0.25, 0.3) is 10.2 Å². The number of hydrogen-bond donors (Lipinski definition) is 0. The Kier molecular flexibility index (Phi) is 5.65. The molecule has 0 N–H and O–H groups in total. The first kappa shape index (κ1) is 18.6. The summed E-state index contributed by atoms with van der Waals surface area (Å²) >= 11 is 7.39. The minimum atomic E-state index is -0.000824. The Morgan fingerprint density at radius 3 is 2.50 bits per heavy atom. The fourth-order valence-corrected chi connectivity index (χ4v) is 4.09. The zero-order valence-corrected chi connectivity index (χ0v) is 16.7. The van der Waals surface area contributed by atoms with Gasteiger partial charge in [0.25, 0.3) is 0 Å². The summed E-state index contributed by atoms with van der Waals surface area (Å²) in [6.45, 7) is 0.573. The van der Waals surface area contributed by atoms with E-state index in [1.807, 2.05) is 48.5 Å². The van der Waals surface area contributed by atoms with E-state index in [-0.39, 0.29) is 12.3 Å². The van der Waals surface area contributed by atoms with Gasteiger partial charge in [-0.15, -0.1) is 0 Å². The zero-order valence-electron chi connectivity index (χ0n) is 15.1. The standard InChI is InChI=1S/C22H18ClN3OS/c23-20-11-10-17(15-24-20)14-21(27)26(13-12-16-6-2-1-3-7-16)22-25-18-8-4-5-9-19(18)28-22/h1-11,15H,12-14H2. The molecule has 0 radical (unpaired) electrons. The SMILES string of the molecule is O=C(Cc1ccc(Cl)nc1)N(CCc1ccccc1)c1nc2ccccc2s1. The summed E-state index contributed by atoms with van der Waals surface area (Å²) in [5, 5.41) is 1.15. The molecule has 140 valence electrons. The van der Waals surface area contributed by atoms with Crippen LogP contribution in [0.1, 0.15) is 11.1 Å². The summed E-state index contributed by atoms with van der Waals surface area (Å²) in [6.07, 6.45) is 2.67. The second-order valence-corrected chi connectivity index (χ2v) is 7.81. The number of hydrogen-bond acceptors (Lipinski definition) is 4. The molecule has 2 aromatic heterocycles. The lowest BCUT2D eigenvalue weighted by Crippen LogP contribution is -2.34. The third-order valence-electron chi connectivity index (χ3n) is 4.43. The molecule has 0 atom stereocenters. The van der Waals surface area contributed by atoms with Crippen LogP contribution in [0.15, 0.2) is 72.9 Å². The van der Waals surface area contributed by atoms with Crippen LogP contribution < -0.4 is 4.90 Å². The van der Waals surface area contributed by atoms with Crippen LogP contribution in [0.3, 0.4) is 0 Å². The molecular weight excluding hydrogens is 390 g/mol. The highest BCUT2D eigenvalue weighted by Crippen LogP contribution is 2.29. The molecular formula is C22H18ClN3OS. The first-order chi connectivity index (χ1) is 13.7. The average Bonchev–Trinajstić information content (AvgIpc) is 3.14. The van der Waals surface area contributed by atoms with Crippen LogP contribution in [0, 0.1) is 0 Å². The number of carbonyl (C=O) groups is 1. The molecule has 0 aliphatic rings. The van der Waals surface area contributed by atoms with Crippen LogP contribution >= 0.6 is 22.9 Å². The molecule has 0 aliphatic carbocycles. The number of amides is 1. The van der Waals surface area contributed by atoms with Crippen molar-refractivity contribution in [3.05, 3.63) is 89.2 Å². The maximum absolute atomic E-state index is 13.1. The number of anilines is 1. The van der Waals surface area contributed by atoms with Crippen molar-refractivity contribution in [1.82, 2.24) is 9.97 Å². The summed E-state index contributed by atoms with van der Waals surface area (Å²) in [7, 11) is 0. The number of thiazole rings is 1. The molecule has 6 heteroatoms. The van der Waals surface area contributed by atoms with Gasteiger partial charge in [0.1, 0.15) is 5.15 Å².